The summed E-state index contributed by atoms with van der Waals surface area (Å²) < 4.78 is 0. The first-order chi connectivity index (χ1) is 7.25. The highest BCUT2D eigenvalue weighted by Crippen LogP contribution is 2.44. The van der Waals surface area contributed by atoms with Gasteiger partial charge in [-0.2, -0.15) is 0 Å². The van der Waals surface area contributed by atoms with Crippen LogP contribution in [0.4, 0.5) is 0 Å². The zero-order valence-electron chi connectivity index (χ0n) is 8.00. The Morgan fingerprint density at radius 2 is 2.00 bits per heavy atom. The van der Waals surface area contributed by atoms with Crippen LogP contribution in [0, 0.1) is 0 Å². The first kappa shape index (κ1) is 9.44. The van der Waals surface area contributed by atoms with Crippen LogP contribution in [0.15, 0.2) is 24.4 Å². The Kier molecular flexibility index (Phi) is 2.11. The molecule has 0 radical (unpaired) electrons. The molecule has 1 aromatic heterocycles. The zero-order valence-corrected chi connectivity index (χ0v) is 9.52. The number of hydrogen-bond donors (Lipinski definition) is 0. The summed E-state index contributed by atoms with van der Waals surface area (Å²) in [6, 6.07) is 5.65. The maximum absolute atomic E-state index is 6.35. The fraction of sp³-hybridized carbons (Fsp3) is 0.250. The van der Waals surface area contributed by atoms with E-state index in [4.69, 9.17) is 23.2 Å². The lowest BCUT2D eigenvalue weighted by Crippen LogP contribution is -1.87. The number of aromatic nitrogens is 1. The monoisotopic (exact) mass is 237 g/mol. The van der Waals surface area contributed by atoms with Crippen LogP contribution >= 0.6 is 23.2 Å². The third kappa shape index (κ3) is 1.60. The number of pyridine rings is 1. The summed E-state index contributed by atoms with van der Waals surface area (Å²) in [6.07, 6.45) is 4.36. The molecule has 0 atom stereocenters. The maximum atomic E-state index is 6.35. The van der Waals surface area contributed by atoms with E-state index in [1.807, 2.05) is 24.4 Å². The molecule has 1 nitrogen and oxygen atoms in total. The summed E-state index contributed by atoms with van der Waals surface area (Å²) in [5, 5.41) is 2.55. The van der Waals surface area contributed by atoms with Crippen molar-refractivity contribution >= 4 is 34.1 Å². The van der Waals surface area contributed by atoms with Crippen LogP contribution in [0.3, 0.4) is 0 Å². The van der Waals surface area contributed by atoms with Crippen molar-refractivity contribution in [1.82, 2.24) is 4.98 Å². The smallest absolute Gasteiger partial charge is 0.0731 e. The van der Waals surface area contributed by atoms with E-state index in [0.29, 0.717) is 10.9 Å². The largest absolute Gasteiger partial charge is 0.256 e. The van der Waals surface area contributed by atoms with Gasteiger partial charge in [0.1, 0.15) is 0 Å². The molecule has 1 saturated carbocycles. The lowest BCUT2D eigenvalue weighted by atomic mass is 10.1. The fourth-order valence-corrected chi connectivity index (χ4v) is 2.36. The van der Waals surface area contributed by atoms with Gasteiger partial charge < -0.3 is 0 Å². The van der Waals surface area contributed by atoms with Gasteiger partial charge in [-0.1, -0.05) is 23.2 Å². The number of hydrogen-bond acceptors (Lipinski definition) is 1. The van der Waals surface area contributed by atoms with Gasteiger partial charge in [0.05, 0.1) is 10.5 Å². The van der Waals surface area contributed by atoms with Crippen molar-refractivity contribution in [1.29, 1.82) is 0 Å². The summed E-state index contributed by atoms with van der Waals surface area (Å²) in [6.45, 7) is 0. The van der Waals surface area contributed by atoms with E-state index in [-0.39, 0.29) is 0 Å². The molecule has 3 rings (SSSR count). The number of nitrogens with zero attached hydrogens (tertiary/aromatic N) is 1. The quantitative estimate of drug-likeness (QED) is 0.716. The Hall–Kier alpha value is -0.790. The number of halogens is 2. The van der Waals surface area contributed by atoms with Crippen molar-refractivity contribution in [3.05, 3.63) is 40.0 Å². The Morgan fingerprint density at radius 3 is 2.73 bits per heavy atom. The van der Waals surface area contributed by atoms with Gasteiger partial charge in [-0.3, -0.25) is 4.98 Å². The van der Waals surface area contributed by atoms with Gasteiger partial charge in [-0.05, 0) is 42.5 Å². The second kappa shape index (κ2) is 3.36. The van der Waals surface area contributed by atoms with Gasteiger partial charge in [-0.15, -0.1) is 0 Å². The van der Waals surface area contributed by atoms with E-state index < -0.39 is 0 Å². The van der Waals surface area contributed by atoms with Crippen molar-refractivity contribution in [2.24, 2.45) is 0 Å². The second-order valence-electron chi connectivity index (χ2n) is 3.96. The average Bonchev–Trinajstić information content (AvgIpc) is 3.01. The van der Waals surface area contributed by atoms with E-state index in [2.05, 4.69) is 4.98 Å². The van der Waals surface area contributed by atoms with E-state index >= 15 is 0 Å². The topological polar surface area (TPSA) is 12.9 Å². The molecule has 3 heteroatoms. The van der Waals surface area contributed by atoms with E-state index in [1.54, 1.807) is 0 Å². The second-order valence-corrected chi connectivity index (χ2v) is 4.78. The summed E-state index contributed by atoms with van der Waals surface area (Å²) in [5.74, 6) is 0.630. The Morgan fingerprint density at radius 1 is 1.20 bits per heavy atom. The highest BCUT2D eigenvalue weighted by molar-refractivity contribution is 6.36. The predicted molar refractivity (Wildman–Crippen MR) is 63.7 cm³/mol. The van der Waals surface area contributed by atoms with Crippen LogP contribution in [0.5, 0.6) is 0 Å². The molecule has 0 bridgehead atoms. The molecule has 0 unspecified atom stereocenters. The summed E-state index contributed by atoms with van der Waals surface area (Å²) in [5.41, 5.74) is 2.06. The van der Waals surface area contributed by atoms with Gasteiger partial charge in [0.2, 0.25) is 0 Å². The molecule has 2 aromatic rings. The Labute approximate surface area is 98.0 Å². The molecular formula is C12H9Cl2N. The third-order valence-corrected chi connectivity index (χ3v) is 3.47. The molecular weight excluding hydrogens is 229 g/mol. The van der Waals surface area contributed by atoms with Crippen molar-refractivity contribution in [2.45, 2.75) is 18.8 Å². The first-order valence-electron chi connectivity index (χ1n) is 4.99. The van der Waals surface area contributed by atoms with Crippen LogP contribution in [0.25, 0.3) is 10.9 Å². The molecule has 0 amide bonds. The minimum Gasteiger partial charge on any atom is -0.256 e. The van der Waals surface area contributed by atoms with Crippen molar-refractivity contribution in [2.75, 3.05) is 0 Å². The van der Waals surface area contributed by atoms with Crippen LogP contribution in [0.2, 0.25) is 10.0 Å². The Bertz CT molecular complexity index is 532. The standard InChI is InChI=1S/C12H9Cl2N/c13-8-3-4-9-11(5-8)15-6-10(12(9)14)7-1-2-7/h3-7H,1-2H2. The Balaban J connectivity index is 2.27. The molecule has 0 saturated heterocycles. The first-order valence-corrected chi connectivity index (χ1v) is 5.75. The fourth-order valence-electron chi connectivity index (χ4n) is 1.83. The number of fused-ring (bicyclic) bond motifs is 1. The van der Waals surface area contributed by atoms with E-state index in [0.717, 1.165) is 15.9 Å². The predicted octanol–water partition coefficient (Wildman–Crippen LogP) is 4.42. The normalized spacial score (nSPS) is 15.9. The van der Waals surface area contributed by atoms with E-state index in [1.165, 1.54) is 18.4 Å². The average molecular weight is 238 g/mol. The van der Waals surface area contributed by atoms with Crippen molar-refractivity contribution < 1.29 is 0 Å². The molecule has 0 aliphatic heterocycles. The molecule has 1 aromatic carbocycles. The van der Waals surface area contributed by atoms with Crippen molar-refractivity contribution in [3.63, 3.8) is 0 Å². The third-order valence-electron chi connectivity index (χ3n) is 2.81. The van der Waals surface area contributed by atoms with Gasteiger partial charge in [0.15, 0.2) is 0 Å². The summed E-state index contributed by atoms with van der Waals surface area (Å²) in [4.78, 5) is 4.40. The molecule has 1 heterocycles. The van der Waals surface area contributed by atoms with E-state index in [9.17, 15) is 0 Å². The zero-order chi connectivity index (χ0) is 10.4. The van der Waals surface area contributed by atoms with Crippen LogP contribution in [-0.2, 0) is 0 Å². The van der Waals surface area contributed by atoms with Crippen molar-refractivity contribution in [3.8, 4) is 0 Å². The highest BCUT2D eigenvalue weighted by Gasteiger charge is 2.26. The molecule has 1 fully saturated rings. The minimum absolute atomic E-state index is 0.630. The molecule has 76 valence electrons. The van der Waals surface area contributed by atoms with Gasteiger partial charge >= 0.3 is 0 Å². The minimum atomic E-state index is 0.630. The lowest BCUT2D eigenvalue weighted by Gasteiger charge is -2.05. The van der Waals surface area contributed by atoms with Crippen LogP contribution < -0.4 is 0 Å². The summed E-state index contributed by atoms with van der Waals surface area (Å²) >= 11 is 12.2. The van der Waals surface area contributed by atoms with Crippen LogP contribution in [0.1, 0.15) is 24.3 Å². The van der Waals surface area contributed by atoms with Crippen LogP contribution in [-0.4, -0.2) is 4.98 Å². The number of rotatable bonds is 1. The SMILES string of the molecule is Clc1ccc2c(Cl)c(C3CC3)cnc2c1. The van der Waals surface area contributed by atoms with Gasteiger partial charge in [0, 0.05) is 16.6 Å². The molecule has 15 heavy (non-hydrogen) atoms. The number of benzene rings is 1. The molecule has 1 aliphatic rings. The van der Waals surface area contributed by atoms with Gasteiger partial charge in [0.25, 0.3) is 0 Å². The molecule has 1 aliphatic carbocycles. The summed E-state index contributed by atoms with van der Waals surface area (Å²) in [7, 11) is 0. The maximum Gasteiger partial charge on any atom is 0.0731 e. The molecule has 0 spiro atoms. The lowest BCUT2D eigenvalue weighted by molar-refractivity contribution is 1.11. The van der Waals surface area contributed by atoms with Gasteiger partial charge in [-0.25, -0.2) is 0 Å². The molecule has 0 N–H and O–H groups in total. The highest BCUT2D eigenvalue weighted by atomic mass is 35.5.